The van der Waals surface area contributed by atoms with Crippen molar-refractivity contribution in [3.05, 3.63) is 0 Å². The highest BCUT2D eigenvalue weighted by atomic mass is 32.3. The molecule has 0 aromatic rings. The van der Waals surface area contributed by atoms with Crippen LogP contribution in [0.1, 0.15) is 6.92 Å². The van der Waals surface area contributed by atoms with Crippen LogP contribution in [-0.4, -0.2) is 24.7 Å². The maximum Gasteiger partial charge on any atom is 0.398 e. The fraction of sp³-hybridized carbons (Fsp3) is 1.00. The Kier molecular flexibility index (Phi) is 3.49. The molecule has 56 valence electrons. The summed E-state index contributed by atoms with van der Waals surface area (Å²) < 4.78 is 32.0. The Hall–Kier alpha value is 0.220. The summed E-state index contributed by atoms with van der Waals surface area (Å²) in [6.45, 7) is 1.53. The van der Waals surface area contributed by atoms with E-state index in [4.69, 9.17) is 4.55 Å². The molecule has 1 unspecified atom stereocenters. The first kappa shape index (κ1) is 9.22. The van der Waals surface area contributed by atoms with E-state index in [1.165, 1.54) is 18.7 Å². The minimum absolute atomic E-state index is 0.528. The zero-order valence-electron chi connectivity index (χ0n) is 5.07. The summed E-state index contributed by atoms with van der Waals surface area (Å²) in [7, 11) is -4.26. The lowest BCUT2D eigenvalue weighted by molar-refractivity contribution is 0.261. The standard InChI is InChI=1S/C3H8O4S2/c1-3(8-2)7-9(4,5)6/h3H,1-2H3,(H,4,5,6). The molecule has 0 aromatic carbocycles. The monoisotopic (exact) mass is 172 g/mol. The van der Waals surface area contributed by atoms with Gasteiger partial charge in [0.1, 0.15) is 5.44 Å². The molecule has 0 aromatic heterocycles. The van der Waals surface area contributed by atoms with Gasteiger partial charge in [-0.3, -0.25) is 4.55 Å². The van der Waals surface area contributed by atoms with Crippen LogP contribution in [0.4, 0.5) is 0 Å². The molecule has 9 heavy (non-hydrogen) atoms. The Labute approximate surface area is 58.5 Å². The Bertz CT molecular complexity index is 161. The molecule has 0 fully saturated rings. The minimum Gasteiger partial charge on any atom is -0.263 e. The van der Waals surface area contributed by atoms with Crippen LogP contribution in [0.2, 0.25) is 0 Å². The van der Waals surface area contributed by atoms with Crippen LogP contribution in [0, 0.1) is 0 Å². The van der Waals surface area contributed by atoms with Gasteiger partial charge in [-0.15, -0.1) is 11.8 Å². The van der Waals surface area contributed by atoms with E-state index in [2.05, 4.69) is 4.18 Å². The van der Waals surface area contributed by atoms with Gasteiger partial charge in [0.15, 0.2) is 0 Å². The van der Waals surface area contributed by atoms with Gasteiger partial charge in [0.05, 0.1) is 0 Å². The lowest BCUT2D eigenvalue weighted by Gasteiger charge is -2.03. The van der Waals surface area contributed by atoms with Gasteiger partial charge in [0.2, 0.25) is 0 Å². The Balaban J connectivity index is 3.75. The second-order valence-electron chi connectivity index (χ2n) is 1.33. The lowest BCUT2D eigenvalue weighted by atomic mass is 10.9. The van der Waals surface area contributed by atoms with Crippen LogP contribution in [0.15, 0.2) is 0 Å². The average Bonchev–Trinajstić information content (AvgIpc) is 1.62. The fourth-order valence-corrected chi connectivity index (χ4v) is 1.17. The van der Waals surface area contributed by atoms with Crippen LogP contribution >= 0.6 is 11.8 Å². The highest BCUT2D eigenvalue weighted by Gasteiger charge is 2.09. The van der Waals surface area contributed by atoms with E-state index >= 15 is 0 Å². The van der Waals surface area contributed by atoms with Gasteiger partial charge in [0, 0.05) is 0 Å². The molecule has 0 aliphatic carbocycles. The lowest BCUT2D eigenvalue weighted by Crippen LogP contribution is -2.10. The first-order chi connectivity index (χ1) is 3.95. The highest BCUT2D eigenvalue weighted by Crippen LogP contribution is 2.08. The molecule has 0 spiro atoms. The zero-order chi connectivity index (χ0) is 7.49. The van der Waals surface area contributed by atoms with Crippen molar-refractivity contribution >= 4 is 22.2 Å². The van der Waals surface area contributed by atoms with E-state index in [-0.39, 0.29) is 0 Å². The van der Waals surface area contributed by atoms with Crippen molar-refractivity contribution in [2.45, 2.75) is 12.4 Å². The molecule has 0 rings (SSSR count). The molecule has 0 heterocycles. The third kappa shape index (κ3) is 6.10. The maximum absolute atomic E-state index is 9.92. The smallest absolute Gasteiger partial charge is 0.263 e. The molecule has 0 aliphatic rings. The number of hydrogen-bond donors (Lipinski definition) is 1. The van der Waals surface area contributed by atoms with E-state index in [1.807, 2.05) is 0 Å². The highest BCUT2D eigenvalue weighted by molar-refractivity contribution is 7.99. The first-order valence-corrected chi connectivity index (χ1v) is 4.79. The number of rotatable bonds is 3. The molecular formula is C3H8O4S2. The fourth-order valence-electron chi connectivity index (χ4n) is 0.211. The van der Waals surface area contributed by atoms with Crippen molar-refractivity contribution in [3.63, 3.8) is 0 Å². The van der Waals surface area contributed by atoms with Crippen LogP contribution < -0.4 is 0 Å². The van der Waals surface area contributed by atoms with Crippen molar-refractivity contribution in [1.29, 1.82) is 0 Å². The Morgan fingerprint density at radius 1 is 1.67 bits per heavy atom. The molecule has 0 saturated carbocycles. The van der Waals surface area contributed by atoms with Gasteiger partial charge < -0.3 is 0 Å². The minimum atomic E-state index is -4.26. The van der Waals surface area contributed by atoms with Gasteiger partial charge in [-0.1, -0.05) is 0 Å². The third-order valence-electron chi connectivity index (χ3n) is 0.589. The second-order valence-corrected chi connectivity index (χ2v) is 3.51. The summed E-state index contributed by atoms with van der Waals surface area (Å²) in [5.74, 6) is 0. The van der Waals surface area contributed by atoms with Crippen LogP contribution in [0.3, 0.4) is 0 Å². The molecular weight excluding hydrogens is 164 g/mol. The molecule has 0 saturated heterocycles. The molecule has 4 nitrogen and oxygen atoms in total. The van der Waals surface area contributed by atoms with Gasteiger partial charge >= 0.3 is 10.4 Å². The molecule has 0 aliphatic heterocycles. The predicted octanol–water partition coefficient (Wildman–Crippen LogP) is 0.515. The van der Waals surface area contributed by atoms with Gasteiger partial charge in [-0.05, 0) is 13.2 Å². The van der Waals surface area contributed by atoms with Crippen molar-refractivity contribution in [2.24, 2.45) is 0 Å². The molecule has 0 amide bonds. The zero-order valence-corrected chi connectivity index (χ0v) is 6.70. The SMILES string of the molecule is CSC(C)OS(=O)(=O)O. The van der Waals surface area contributed by atoms with Crippen molar-refractivity contribution in [1.82, 2.24) is 0 Å². The molecule has 1 N–H and O–H groups in total. The molecule has 6 heteroatoms. The molecule has 1 atom stereocenters. The summed E-state index contributed by atoms with van der Waals surface area (Å²) in [6.07, 6.45) is 1.68. The number of hydrogen-bond acceptors (Lipinski definition) is 4. The Morgan fingerprint density at radius 3 is 2.22 bits per heavy atom. The van der Waals surface area contributed by atoms with Crippen LogP contribution in [0.5, 0.6) is 0 Å². The van der Waals surface area contributed by atoms with E-state index in [0.29, 0.717) is 0 Å². The summed E-state index contributed by atoms with van der Waals surface area (Å²) in [4.78, 5) is 0. The summed E-state index contributed by atoms with van der Waals surface area (Å²) in [5.41, 5.74) is -0.528. The van der Waals surface area contributed by atoms with E-state index < -0.39 is 15.8 Å². The van der Waals surface area contributed by atoms with Crippen molar-refractivity contribution in [2.75, 3.05) is 6.26 Å². The topological polar surface area (TPSA) is 63.6 Å². The van der Waals surface area contributed by atoms with Crippen LogP contribution in [-0.2, 0) is 14.6 Å². The largest absolute Gasteiger partial charge is 0.398 e. The third-order valence-corrected chi connectivity index (χ3v) is 2.00. The summed E-state index contributed by atoms with van der Waals surface area (Å²) in [5, 5.41) is 0. The predicted molar refractivity (Wildman–Crippen MR) is 35.6 cm³/mol. The quantitative estimate of drug-likeness (QED) is 0.496. The second kappa shape index (κ2) is 3.40. The van der Waals surface area contributed by atoms with E-state index in [1.54, 1.807) is 6.26 Å². The van der Waals surface area contributed by atoms with Crippen LogP contribution in [0.25, 0.3) is 0 Å². The molecule has 0 radical (unpaired) electrons. The van der Waals surface area contributed by atoms with E-state index in [0.717, 1.165) is 0 Å². The summed E-state index contributed by atoms with van der Waals surface area (Å²) >= 11 is 1.19. The van der Waals surface area contributed by atoms with Crippen molar-refractivity contribution < 1.29 is 17.2 Å². The summed E-state index contributed by atoms with van der Waals surface area (Å²) in [6, 6.07) is 0. The van der Waals surface area contributed by atoms with Gasteiger partial charge in [0.25, 0.3) is 0 Å². The van der Waals surface area contributed by atoms with Gasteiger partial charge in [-0.2, -0.15) is 8.42 Å². The first-order valence-electron chi connectivity index (χ1n) is 2.14. The molecule has 0 bridgehead atoms. The average molecular weight is 172 g/mol. The number of thioether (sulfide) groups is 1. The maximum atomic E-state index is 9.92. The van der Waals surface area contributed by atoms with Gasteiger partial charge in [-0.25, -0.2) is 4.18 Å². The van der Waals surface area contributed by atoms with Crippen molar-refractivity contribution in [3.8, 4) is 0 Å². The van der Waals surface area contributed by atoms with E-state index in [9.17, 15) is 8.42 Å². The Morgan fingerprint density at radius 2 is 2.11 bits per heavy atom. The normalized spacial score (nSPS) is 15.4.